The van der Waals surface area contributed by atoms with Gasteiger partial charge in [0.05, 0.1) is 16.7 Å². The van der Waals surface area contributed by atoms with E-state index in [1.54, 1.807) is 6.92 Å². The summed E-state index contributed by atoms with van der Waals surface area (Å²) in [4.78, 5) is 36.2. The second-order valence-electron chi connectivity index (χ2n) is 4.14. The summed E-state index contributed by atoms with van der Waals surface area (Å²) in [6.45, 7) is 1.77. The van der Waals surface area contributed by atoms with E-state index in [4.69, 9.17) is 11.5 Å². The highest BCUT2D eigenvalue weighted by atomic mass is 16.4. The summed E-state index contributed by atoms with van der Waals surface area (Å²) in [5, 5.41) is 8.89. The second-order valence-corrected chi connectivity index (χ2v) is 4.14. The van der Waals surface area contributed by atoms with Crippen LogP contribution in [0.1, 0.15) is 44.4 Å². The molecule has 1 N–H and O–H groups in total. The summed E-state index contributed by atoms with van der Waals surface area (Å²) in [6.07, 6.45) is 5.76. The number of aromatic carboxylic acids is 1. The molecule has 0 saturated heterocycles. The van der Waals surface area contributed by atoms with E-state index >= 15 is 0 Å². The third-order valence-corrected chi connectivity index (χ3v) is 3.06. The van der Waals surface area contributed by atoms with Crippen LogP contribution in [0.5, 0.6) is 0 Å². The van der Waals surface area contributed by atoms with Gasteiger partial charge in [0.1, 0.15) is 6.04 Å². The fraction of sp³-hybridized carbons (Fsp3) is 0.214. The summed E-state index contributed by atoms with van der Waals surface area (Å²) in [5.41, 5.74) is 0.262. The highest BCUT2D eigenvalue weighted by Crippen LogP contribution is 2.26. The number of terminal acetylenes is 1. The summed E-state index contributed by atoms with van der Waals surface area (Å²) in [5.74, 6) is 0.242. The second kappa shape index (κ2) is 4.58. The van der Waals surface area contributed by atoms with E-state index in [1.807, 2.05) is 0 Å². The van der Waals surface area contributed by atoms with Crippen LogP contribution in [0, 0.1) is 12.3 Å². The van der Waals surface area contributed by atoms with Gasteiger partial charge in [-0.25, -0.2) is 4.79 Å². The molecule has 5 heteroatoms. The molecular weight excluding hydrogens is 246 g/mol. The minimum absolute atomic E-state index is 0.0319. The van der Waals surface area contributed by atoms with Crippen molar-refractivity contribution in [1.82, 2.24) is 4.90 Å². The monoisotopic (exact) mass is 257 g/mol. The van der Waals surface area contributed by atoms with Crippen LogP contribution in [0.25, 0.3) is 0 Å². The van der Waals surface area contributed by atoms with E-state index in [-0.39, 0.29) is 16.7 Å². The zero-order valence-corrected chi connectivity index (χ0v) is 10.2. The molecule has 1 aromatic rings. The van der Waals surface area contributed by atoms with Gasteiger partial charge in [0, 0.05) is 0 Å². The van der Waals surface area contributed by atoms with Crippen molar-refractivity contribution in [1.29, 1.82) is 0 Å². The molecule has 0 radical (unpaired) electrons. The first-order valence-electron chi connectivity index (χ1n) is 5.72. The first kappa shape index (κ1) is 12.8. The standard InChI is InChI=1S/C14H11NO4/c1-3-9(4-2)15-12(16)10-6-5-8(14(18)19)7-11(10)13(15)17/h1,5-7,9H,4H2,2H3,(H,18,19). The zero-order chi connectivity index (χ0) is 14.2. The predicted octanol–water partition coefficient (Wildman–Crippen LogP) is 1.39. The first-order valence-corrected chi connectivity index (χ1v) is 5.72. The number of rotatable bonds is 3. The van der Waals surface area contributed by atoms with Crippen molar-refractivity contribution in [3.05, 3.63) is 34.9 Å². The molecule has 96 valence electrons. The van der Waals surface area contributed by atoms with Crippen molar-refractivity contribution in [2.24, 2.45) is 0 Å². The number of nitrogens with zero attached hydrogens (tertiary/aromatic N) is 1. The van der Waals surface area contributed by atoms with Gasteiger partial charge in [0.15, 0.2) is 0 Å². The van der Waals surface area contributed by atoms with E-state index in [2.05, 4.69) is 5.92 Å². The van der Waals surface area contributed by atoms with E-state index in [9.17, 15) is 14.4 Å². The van der Waals surface area contributed by atoms with Crippen LogP contribution < -0.4 is 0 Å². The van der Waals surface area contributed by atoms with Gasteiger partial charge in [-0.05, 0) is 24.6 Å². The Morgan fingerprint density at radius 1 is 1.37 bits per heavy atom. The number of hydrogen-bond acceptors (Lipinski definition) is 3. The molecule has 0 fully saturated rings. The Kier molecular flexibility index (Phi) is 3.09. The molecule has 1 aliphatic rings. The first-order chi connectivity index (χ1) is 9.01. The van der Waals surface area contributed by atoms with E-state index in [0.29, 0.717) is 6.42 Å². The molecule has 5 nitrogen and oxygen atoms in total. The average molecular weight is 257 g/mol. The Morgan fingerprint density at radius 3 is 2.53 bits per heavy atom. The van der Waals surface area contributed by atoms with Crippen LogP contribution >= 0.6 is 0 Å². The minimum atomic E-state index is -1.15. The number of carbonyl (C=O) groups excluding carboxylic acids is 2. The minimum Gasteiger partial charge on any atom is -0.478 e. The molecule has 2 amide bonds. The number of carboxylic acid groups (broad SMARTS) is 1. The van der Waals surface area contributed by atoms with Crippen molar-refractivity contribution in [3.63, 3.8) is 0 Å². The number of imide groups is 1. The van der Waals surface area contributed by atoms with Gasteiger partial charge in [0.25, 0.3) is 11.8 Å². The van der Waals surface area contributed by atoms with Gasteiger partial charge in [-0.3, -0.25) is 14.5 Å². The lowest BCUT2D eigenvalue weighted by Crippen LogP contribution is -2.38. The predicted molar refractivity (Wildman–Crippen MR) is 66.8 cm³/mol. The molecule has 0 aromatic heterocycles. The molecule has 2 rings (SSSR count). The van der Waals surface area contributed by atoms with Gasteiger partial charge in [0.2, 0.25) is 0 Å². The molecule has 1 aliphatic heterocycles. The van der Waals surface area contributed by atoms with Gasteiger partial charge >= 0.3 is 5.97 Å². The number of hydrogen-bond donors (Lipinski definition) is 1. The van der Waals surface area contributed by atoms with Crippen molar-refractivity contribution in [2.45, 2.75) is 19.4 Å². The van der Waals surface area contributed by atoms with E-state index in [0.717, 1.165) is 4.90 Å². The lowest BCUT2D eigenvalue weighted by molar-refractivity contribution is 0.0617. The molecule has 1 heterocycles. The highest BCUT2D eigenvalue weighted by molar-refractivity contribution is 6.22. The van der Waals surface area contributed by atoms with Crippen LogP contribution in [-0.4, -0.2) is 33.8 Å². The topological polar surface area (TPSA) is 74.7 Å². The lowest BCUT2D eigenvalue weighted by atomic mass is 10.1. The molecule has 0 aliphatic carbocycles. The van der Waals surface area contributed by atoms with Gasteiger partial charge in [-0.15, -0.1) is 6.42 Å². The SMILES string of the molecule is C#CC(CC)N1C(=O)c2ccc(C(=O)O)cc2C1=O. The van der Waals surface area contributed by atoms with Crippen LogP contribution in [0.4, 0.5) is 0 Å². The van der Waals surface area contributed by atoms with Crippen molar-refractivity contribution >= 4 is 17.8 Å². The van der Waals surface area contributed by atoms with Crippen molar-refractivity contribution in [3.8, 4) is 12.3 Å². The summed E-state index contributed by atoms with van der Waals surface area (Å²) >= 11 is 0. The quantitative estimate of drug-likeness (QED) is 0.656. The summed E-state index contributed by atoms with van der Waals surface area (Å²) < 4.78 is 0. The Balaban J connectivity index is 2.50. The third-order valence-electron chi connectivity index (χ3n) is 3.06. The molecule has 1 atom stereocenters. The van der Waals surface area contributed by atoms with Gasteiger partial charge in [-0.1, -0.05) is 12.8 Å². The molecule has 19 heavy (non-hydrogen) atoms. The average Bonchev–Trinajstić information content (AvgIpc) is 2.65. The lowest BCUT2D eigenvalue weighted by Gasteiger charge is -2.19. The molecule has 0 saturated carbocycles. The Morgan fingerprint density at radius 2 is 2.00 bits per heavy atom. The zero-order valence-electron chi connectivity index (χ0n) is 10.2. The van der Waals surface area contributed by atoms with Crippen LogP contribution in [0.15, 0.2) is 18.2 Å². The highest BCUT2D eigenvalue weighted by Gasteiger charge is 2.39. The van der Waals surface area contributed by atoms with Crippen molar-refractivity contribution in [2.75, 3.05) is 0 Å². The summed E-state index contributed by atoms with van der Waals surface area (Å²) in [6, 6.07) is 3.25. The third kappa shape index (κ3) is 1.87. The number of carbonyl (C=O) groups is 3. The number of carboxylic acids is 1. The van der Waals surface area contributed by atoms with Crippen LogP contribution in [0.3, 0.4) is 0 Å². The Bertz CT molecular complexity index is 627. The molecule has 1 aromatic carbocycles. The number of fused-ring (bicyclic) bond motifs is 1. The molecule has 0 bridgehead atoms. The number of amides is 2. The van der Waals surface area contributed by atoms with Crippen molar-refractivity contribution < 1.29 is 19.5 Å². The van der Waals surface area contributed by atoms with Gasteiger partial charge in [-0.2, -0.15) is 0 Å². The molecule has 1 unspecified atom stereocenters. The van der Waals surface area contributed by atoms with E-state index in [1.165, 1.54) is 18.2 Å². The molecular formula is C14H11NO4. The largest absolute Gasteiger partial charge is 0.478 e. The maximum Gasteiger partial charge on any atom is 0.335 e. The molecule has 0 spiro atoms. The normalized spacial score (nSPS) is 15.1. The Hall–Kier alpha value is -2.61. The van der Waals surface area contributed by atoms with Gasteiger partial charge < -0.3 is 5.11 Å². The fourth-order valence-corrected chi connectivity index (χ4v) is 2.05. The maximum absolute atomic E-state index is 12.2. The van der Waals surface area contributed by atoms with E-state index < -0.39 is 23.8 Å². The fourth-order valence-electron chi connectivity index (χ4n) is 2.05. The number of benzene rings is 1. The van der Waals surface area contributed by atoms with Crippen LogP contribution in [-0.2, 0) is 0 Å². The van der Waals surface area contributed by atoms with Crippen LogP contribution in [0.2, 0.25) is 0 Å². The smallest absolute Gasteiger partial charge is 0.335 e. The Labute approximate surface area is 109 Å². The maximum atomic E-state index is 12.2. The summed E-state index contributed by atoms with van der Waals surface area (Å²) in [7, 11) is 0.